The number of nitrogens with zero attached hydrogens (tertiary/aromatic N) is 1. The Morgan fingerprint density at radius 1 is 0.833 bits per heavy atom. The van der Waals surface area contributed by atoms with Crippen LogP contribution in [0.3, 0.4) is 0 Å². The van der Waals surface area contributed by atoms with Gasteiger partial charge in [-0.15, -0.1) is 0 Å². The zero-order valence-electron chi connectivity index (χ0n) is 17.6. The summed E-state index contributed by atoms with van der Waals surface area (Å²) in [4.78, 5) is 27.4. The van der Waals surface area contributed by atoms with Gasteiger partial charge in [-0.3, -0.25) is 9.59 Å². The number of aryl methyl sites for hydroxylation is 1. The van der Waals surface area contributed by atoms with Crippen LogP contribution in [0, 0.1) is 0 Å². The average Bonchev–Trinajstić information content (AvgIpc) is 2.78. The minimum absolute atomic E-state index is 0.135. The van der Waals surface area contributed by atoms with Gasteiger partial charge in [-0.2, -0.15) is 0 Å². The van der Waals surface area contributed by atoms with Gasteiger partial charge in [0, 0.05) is 19.2 Å². The van der Waals surface area contributed by atoms with E-state index in [9.17, 15) is 9.59 Å². The maximum atomic E-state index is 13.0. The van der Waals surface area contributed by atoms with Gasteiger partial charge < -0.3 is 10.2 Å². The van der Waals surface area contributed by atoms with Crippen molar-refractivity contribution in [3.63, 3.8) is 0 Å². The largest absolute Gasteiger partial charge is 0.337 e. The number of hydrogen-bond donors (Lipinski definition) is 1. The normalized spacial score (nSPS) is 10.5. The molecule has 0 saturated carbocycles. The van der Waals surface area contributed by atoms with Crippen molar-refractivity contribution < 1.29 is 9.59 Å². The Hall–Kier alpha value is -3.40. The Morgan fingerprint density at radius 2 is 1.50 bits per heavy atom. The summed E-state index contributed by atoms with van der Waals surface area (Å²) < 4.78 is 0. The summed E-state index contributed by atoms with van der Waals surface area (Å²) in [6, 6.07) is 24.6. The predicted octanol–water partition coefficient (Wildman–Crippen LogP) is 5.55. The highest BCUT2D eigenvalue weighted by Gasteiger charge is 2.17. The van der Waals surface area contributed by atoms with Crippen LogP contribution in [0.15, 0.2) is 78.9 Å². The first-order valence-electron chi connectivity index (χ1n) is 10.4. The zero-order valence-corrected chi connectivity index (χ0v) is 17.6. The molecule has 1 N–H and O–H groups in total. The van der Waals surface area contributed by atoms with Crippen LogP contribution in [0.4, 0.5) is 5.69 Å². The number of rotatable bonds is 8. The molecule has 0 aliphatic carbocycles. The van der Waals surface area contributed by atoms with E-state index in [-0.39, 0.29) is 11.8 Å². The summed E-state index contributed by atoms with van der Waals surface area (Å²) in [6.07, 6.45) is 3.30. The van der Waals surface area contributed by atoms with Crippen LogP contribution in [0.25, 0.3) is 0 Å². The number of anilines is 1. The fourth-order valence-corrected chi connectivity index (χ4v) is 3.31. The summed E-state index contributed by atoms with van der Waals surface area (Å²) in [7, 11) is 1.77. The molecule has 2 amide bonds. The second kappa shape index (κ2) is 10.4. The minimum Gasteiger partial charge on any atom is -0.337 e. The van der Waals surface area contributed by atoms with Gasteiger partial charge in [-0.25, -0.2) is 0 Å². The first-order valence-corrected chi connectivity index (χ1v) is 10.4. The lowest BCUT2D eigenvalue weighted by Crippen LogP contribution is -2.27. The van der Waals surface area contributed by atoms with Gasteiger partial charge >= 0.3 is 0 Å². The quantitative estimate of drug-likeness (QED) is 0.539. The van der Waals surface area contributed by atoms with Gasteiger partial charge in [0.1, 0.15) is 0 Å². The Labute approximate surface area is 178 Å². The molecule has 0 radical (unpaired) electrons. The van der Waals surface area contributed by atoms with Gasteiger partial charge in [0.15, 0.2) is 0 Å². The van der Waals surface area contributed by atoms with Crippen molar-refractivity contribution in [3.8, 4) is 0 Å². The van der Waals surface area contributed by atoms with E-state index in [4.69, 9.17) is 0 Å². The molecule has 3 aromatic rings. The molecule has 0 spiro atoms. The number of benzene rings is 3. The summed E-state index contributed by atoms with van der Waals surface area (Å²) >= 11 is 0. The molecule has 4 heteroatoms. The summed E-state index contributed by atoms with van der Waals surface area (Å²) in [5.74, 6) is -0.354. The van der Waals surface area contributed by atoms with Crippen LogP contribution >= 0.6 is 0 Å². The van der Waals surface area contributed by atoms with Gasteiger partial charge in [0.25, 0.3) is 11.8 Å². The van der Waals surface area contributed by atoms with Gasteiger partial charge in [0.05, 0.1) is 11.3 Å². The molecule has 0 fully saturated rings. The van der Waals surface area contributed by atoms with Crippen molar-refractivity contribution >= 4 is 17.5 Å². The molecular formula is C26H28N2O2. The highest BCUT2D eigenvalue weighted by molar-refractivity contribution is 6.08. The number of carbonyl (C=O) groups is 2. The van der Waals surface area contributed by atoms with Crippen LogP contribution < -0.4 is 5.32 Å². The third-order valence-corrected chi connectivity index (χ3v) is 5.05. The van der Waals surface area contributed by atoms with Crippen molar-refractivity contribution in [2.45, 2.75) is 32.7 Å². The van der Waals surface area contributed by atoms with E-state index in [0.29, 0.717) is 23.4 Å². The molecule has 0 saturated heterocycles. The first-order chi connectivity index (χ1) is 14.6. The van der Waals surface area contributed by atoms with Crippen LogP contribution in [-0.4, -0.2) is 23.8 Å². The molecule has 154 valence electrons. The fourth-order valence-electron chi connectivity index (χ4n) is 3.31. The van der Waals surface area contributed by atoms with Gasteiger partial charge in [-0.05, 0) is 48.2 Å². The third-order valence-electron chi connectivity index (χ3n) is 5.05. The van der Waals surface area contributed by atoms with E-state index in [1.54, 1.807) is 24.1 Å². The lowest BCUT2D eigenvalue weighted by molar-refractivity contribution is 0.0786. The number of para-hydroxylation sites is 1. The molecule has 0 aliphatic heterocycles. The van der Waals surface area contributed by atoms with Gasteiger partial charge in [0.2, 0.25) is 0 Å². The minimum atomic E-state index is -0.219. The average molecular weight is 401 g/mol. The lowest BCUT2D eigenvalue weighted by Gasteiger charge is -2.19. The Kier molecular flexibility index (Phi) is 7.39. The molecule has 0 atom stereocenters. The maximum absolute atomic E-state index is 13.0. The number of nitrogens with one attached hydrogen (secondary N) is 1. The molecule has 3 aromatic carbocycles. The summed E-state index contributed by atoms with van der Waals surface area (Å²) in [5, 5.41) is 2.90. The molecule has 4 nitrogen and oxygen atoms in total. The second-order valence-corrected chi connectivity index (χ2v) is 7.45. The highest BCUT2D eigenvalue weighted by Crippen LogP contribution is 2.19. The Balaban J connectivity index is 1.71. The maximum Gasteiger partial charge on any atom is 0.256 e. The molecule has 0 aliphatic rings. The smallest absolute Gasteiger partial charge is 0.256 e. The third kappa shape index (κ3) is 5.57. The second-order valence-electron chi connectivity index (χ2n) is 7.45. The molecular weight excluding hydrogens is 372 g/mol. The van der Waals surface area contributed by atoms with E-state index >= 15 is 0 Å². The molecule has 3 rings (SSSR count). The molecule has 0 heterocycles. The number of unbranched alkanes of at least 4 members (excludes halogenated alkanes) is 1. The number of carbonyl (C=O) groups excluding carboxylic acids is 2. The highest BCUT2D eigenvalue weighted by atomic mass is 16.2. The lowest BCUT2D eigenvalue weighted by atomic mass is 10.1. The van der Waals surface area contributed by atoms with Crippen molar-refractivity contribution in [2.24, 2.45) is 0 Å². The SMILES string of the molecule is CCCCc1ccc(C(=O)Nc2ccccc2C(=O)N(C)Cc2ccccc2)cc1. The van der Waals surface area contributed by atoms with Crippen LogP contribution in [0.2, 0.25) is 0 Å². The van der Waals surface area contributed by atoms with Crippen molar-refractivity contribution in [3.05, 3.63) is 101 Å². The standard InChI is InChI=1S/C26H28N2O2/c1-3-4-10-20-15-17-22(18-16-20)25(29)27-24-14-9-8-13-23(24)26(30)28(2)19-21-11-6-5-7-12-21/h5-9,11-18H,3-4,10,19H2,1-2H3,(H,27,29). The van der Waals surface area contributed by atoms with Crippen molar-refractivity contribution in [1.29, 1.82) is 0 Å². The first kappa shape index (κ1) is 21.3. The van der Waals surface area contributed by atoms with Crippen LogP contribution in [-0.2, 0) is 13.0 Å². The molecule has 0 aromatic heterocycles. The van der Waals surface area contributed by atoms with Crippen LogP contribution in [0.5, 0.6) is 0 Å². The van der Waals surface area contributed by atoms with Crippen molar-refractivity contribution in [1.82, 2.24) is 4.90 Å². The predicted molar refractivity (Wildman–Crippen MR) is 122 cm³/mol. The van der Waals surface area contributed by atoms with Gasteiger partial charge in [-0.1, -0.05) is 67.9 Å². The monoisotopic (exact) mass is 400 g/mol. The molecule has 0 bridgehead atoms. The van der Waals surface area contributed by atoms with Crippen molar-refractivity contribution in [2.75, 3.05) is 12.4 Å². The Bertz CT molecular complexity index is 981. The number of amides is 2. The summed E-state index contributed by atoms with van der Waals surface area (Å²) in [5.41, 5.74) is 3.85. The molecule has 0 unspecified atom stereocenters. The molecule has 30 heavy (non-hydrogen) atoms. The summed E-state index contributed by atoms with van der Waals surface area (Å²) in [6.45, 7) is 2.67. The van der Waals surface area contributed by atoms with E-state index in [1.165, 1.54) is 5.56 Å². The topological polar surface area (TPSA) is 49.4 Å². The van der Waals surface area contributed by atoms with E-state index in [0.717, 1.165) is 24.8 Å². The van der Waals surface area contributed by atoms with E-state index < -0.39 is 0 Å². The van der Waals surface area contributed by atoms with E-state index in [1.807, 2.05) is 66.7 Å². The van der Waals surface area contributed by atoms with E-state index in [2.05, 4.69) is 12.2 Å². The Morgan fingerprint density at radius 3 is 2.20 bits per heavy atom. The zero-order chi connectivity index (χ0) is 21.3. The fraction of sp³-hybridized carbons (Fsp3) is 0.231. The number of hydrogen-bond acceptors (Lipinski definition) is 2. The van der Waals surface area contributed by atoms with Crippen LogP contribution in [0.1, 0.15) is 51.6 Å².